The van der Waals surface area contributed by atoms with Crippen LogP contribution in [0.25, 0.3) is 0 Å². The van der Waals surface area contributed by atoms with Crippen LogP contribution >= 0.6 is 11.6 Å². The molecule has 0 saturated carbocycles. The van der Waals surface area contributed by atoms with E-state index in [1.165, 1.54) is 0 Å². The Morgan fingerprint density at radius 3 is 2.24 bits per heavy atom. The number of amides is 1. The monoisotopic (exact) mass is 591 g/mol. The number of benzene rings is 3. The van der Waals surface area contributed by atoms with E-state index in [0.717, 1.165) is 72.8 Å². The molecule has 1 fully saturated rings. The highest BCUT2D eigenvalue weighted by Gasteiger charge is 2.37. The minimum absolute atomic E-state index is 0.000183. The van der Waals surface area contributed by atoms with Crippen molar-refractivity contribution in [3.05, 3.63) is 81.9 Å². The van der Waals surface area contributed by atoms with Gasteiger partial charge < -0.3 is 24.0 Å². The lowest BCUT2D eigenvalue weighted by Crippen LogP contribution is -2.44. The molecule has 3 aromatic rings. The predicted octanol–water partition coefficient (Wildman–Crippen LogP) is 6.14. The van der Waals surface area contributed by atoms with Crippen LogP contribution in [0.1, 0.15) is 48.6 Å². The molecule has 2 aliphatic rings. The summed E-state index contributed by atoms with van der Waals surface area (Å²) < 4.78 is 18.3. The molecule has 0 bridgehead atoms. The average Bonchev–Trinajstić information content (AvgIpc) is 2.97. The fourth-order valence-corrected chi connectivity index (χ4v) is 5.94. The van der Waals surface area contributed by atoms with Crippen LogP contribution in [0.15, 0.2) is 54.6 Å². The molecule has 0 radical (unpaired) electrons. The third kappa shape index (κ3) is 6.86. The summed E-state index contributed by atoms with van der Waals surface area (Å²) >= 11 is 6.29. The number of ether oxygens (including phenoxy) is 3. The Morgan fingerprint density at radius 1 is 0.857 bits per heavy atom. The summed E-state index contributed by atoms with van der Waals surface area (Å²) in [6.07, 6.45) is 1.18. The third-order valence-corrected chi connectivity index (χ3v) is 8.25. The molecule has 8 heteroatoms. The molecule has 1 unspecified atom stereocenters. The molecule has 1 atom stereocenters. The quantitative estimate of drug-likeness (QED) is 0.250. The molecule has 0 aliphatic carbocycles. The first kappa shape index (κ1) is 30.2. The average molecular weight is 592 g/mol. The van der Waals surface area contributed by atoms with Crippen molar-refractivity contribution in [3.63, 3.8) is 0 Å². The van der Waals surface area contributed by atoms with Crippen LogP contribution in [0.5, 0.6) is 17.2 Å². The van der Waals surface area contributed by atoms with Gasteiger partial charge in [-0.15, -0.1) is 0 Å². The smallest absolute Gasteiger partial charge is 0.232 e. The molecular weight excluding hydrogens is 550 g/mol. The van der Waals surface area contributed by atoms with Gasteiger partial charge in [-0.25, -0.2) is 0 Å². The van der Waals surface area contributed by atoms with E-state index in [1.54, 1.807) is 0 Å². The Labute approximate surface area is 254 Å². The molecule has 0 aromatic heterocycles. The van der Waals surface area contributed by atoms with Gasteiger partial charge in [0.05, 0.1) is 38.0 Å². The van der Waals surface area contributed by atoms with E-state index in [9.17, 15) is 4.79 Å². The maximum Gasteiger partial charge on any atom is 0.232 e. The van der Waals surface area contributed by atoms with Gasteiger partial charge in [0, 0.05) is 37.7 Å². The van der Waals surface area contributed by atoms with E-state index in [1.807, 2.05) is 73.3 Å². The molecule has 42 heavy (non-hydrogen) atoms. The lowest BCUT2D eigenvalue weighted by molar-refractivity contribution is -0.118. The van der Waals surface area contributed by atoms with Gasteiger partial charge in [0.1, 0.15) is 5.75 Å². The van der Waals surface area contributed by atoms with Crippen molar-refractivity contribution in [2.45, 2.75) is 39.7 Å². The van der Waals surface area contributed by atoms with E-state index in [4.69, 9.17) is 25.8 Å². The van der Waals surface area contributed by atoms with Crippen molar-refractivity contribution in [2.24, 2.45) is 0 Å². The standard InChI is InChI=1S/C34H42ClN3O4/c1-5-40-31-21-26-22-33(39)38(34(25-9-11-27(35)12-10-25)28(26)23-32(31)41-6-2)29-13-8-24(3)20-30(29)42-19-7-14-37-17-15-36(4)16-18-37/h8-13,20-21,23,34H,5-7,14-19,22H2,1-4H3. The molecule has 2 heterocycles. The Bertz CT molecular complexity index is 1370. The number of halogens is 1. The van der Waals surface area contributed by atoms with Crippen LogP contribution in [0.4, 0.5) is 5.69 Å². The number of carbonyl (C=O) groups excluding carboxylic acids is 1. The van der Waals surface area contributed by atoms with Gasteiger partial charge in [0.15, 0.2) is 11.5 Å². The molecule has 3 aromatic carbocycles. The largest absolute Gasteiger partial charge is 0.491 e. The SMILES string of the molecule is CCOc1cc2c(cc1OCC)C(c1ccc(Cl)cc1)N(c1ccc(C)cc1OCCCN1CCN(C)CC1)C(=O)C2. The Balaban J connectivity index is 1.49. The van der Waals surface area contributed by atoms with Crippen molar-refractivity contribution >= 4 is 23.2 Å². The molecule has 1 amide bonds. The van der Waals surface area contributed by atoms with Gasteiger partial charge in [0.25, 0.3) is 0 Å². The van der Waals surface area contributed by atoms with Gasteiger partial charge in [-0.1, -0.05) is 29.8 Å². The Hall–Kier alpha value is -3.26. The van der Waals surface area contributed by atoms with E-state index in [0.29, 0.717) is 36.3 Å². The van der Waals surface area contributed by atoms with E-state index in [-0.39, 0.29) is 18.4 Å². The second kappa shape index (κ2) is 13.8. The van der Waals surface area contributed by atoms with Crippen molar-refractivity contribution in [1.29, 1.82) is 0 Å². The summed E-state index contributed by atoms with van der Waals surface area (Å²) in [5.74, 6) is 2.06. The maximum atomic E-state index is 14.0. The molecule has 0 N–H and O–H groups in total. The summed E-state index contributed by atoms with van der Waals surface area (Å²) in [5.41, 5.74) is 4.75. The fourth-order valence-electron chi connectivity index (χ4n) is 5.82. The number of rotatable bonds is 11. The van der Waals surface area contributed by atoms with Crippen LogP contribution in [0.3, 0.4) is 0 Å². The van der Waals surface area contributed by atoms with Crippen molar-refractivity contribution in [3.8, 4) is 17.2 Å². The van der Waals surface area contributed by atoms with Crippen LogP contribution in [0, 0.1) is 6.92 Å². The summed E-state index contributed by atoms with van der Waals surface area (Å²) in [4.78, 5) is 20.8. The zero-order valence-corrected chi connectivity index (χ0v) is 26.0. The zero-order valence-electron chi connectivity index (χ0n) is 25.2. The fraction of sp³-hybridized carbons (Fsp3) is 0.441. The number of fused-ring (bicyclic) bond motifs is 1. The molecular formula is C34H42ClN3O4. The number of hydrogen-bond donors (Lipinski definition) is 0. The number of hydrogen-bond acceptors (Lipinski definition) is 6. The molecule has 224 valence electrons. The van der Waals surface area contributed by atoms with Gasteiger partial charge in [0.2, 0.25) is 5.91 Å². The zero-order chi connectivity index (χ0) is 29.6. The minimum atomic E-state index is -0.385. The van der Waals surface area contributed by atoms with Crippen LogP contribution in [-0.2, 0) is 11.2 Å². The summed E-state index contributed by atoms with van der Waals surface area (Å²) in [6.45, 7) is 12.9. The normalized spacial score (nSPS) is 17.7. The summed E-state index contributed by atoms with van der Waals surface area (Å²) in [6, 6.07) is 17.4. The number of likely N-dealkylation sites (N-methyl/N-ethyl adjacent to an activating group) is 1. The van der Waals surface area contributed by atoms with Crippen LogP contribution in [0.2, 0.25) is 5.02 Å². The second-order valence-corrected chi connectivity index (χ2v) is 11.5. The Morgan fingerprint density at radius 2 is 1.55 bits per heavy atom. The number of anilines is 1. The molecule has 1 saturated heterocycles. The topological polar surface area (TPSA) is 54.5 Å². The van der Waals surface area contributed by atoms with Crippen LogP contribution < -0.4 is 19.1 Å². The van der Waals surface area contributed by atoms with E-state index >= 15 is 0 Å². The van der Waals surface area contributed by atoms with Gasteiger partial charge >= 0.3 is 0 Å². The highest BCUT2D eigenvalue weighted by molar-refractivity contribution is 6.30. The van der Waals surface area contributed by atoms with Crippen molar-refractivity contribution < 1.29 is 19.0 Å². The number of carbonyl (C=O) groups is 1. The first-order valence-electron chi connectivity index (χ1n) is 15.0. The lowest BCUT2D eigenvalue weighted by atomic mass is 9.86. The molecule has 7 nitrogen and oxygen atoms in total. The highest BCUT2D eigenvalue weighted by atomic mass is 35.5. The van der Waals surface area contributed by atoms with Gasteiger partial charge in [-0.3, -0.25) is 9.69 Å². The highest BCUT2D eigenvalue weighted by Crippen LogP contribution is 2.46. The van der Waals surface area contributed by atoms with Gasteiger partial charge in [-0.2, -0.15) is 0 Å². The third-order valence-electron chi connectivity index (χ3n) is 8.00. The van der Waals surface area contributed by atoms with E-state index < -0.39 is 0 Å². The number of nitrogens with zero attached hydrogens (tertiary/aromatic N) is 3. The van der Waals surface area contributed by atoms with Gasteiger partial charge in [-0.05, 0) is 92.9 Å². The summed E-state index contributed by atoms with van der Waals surface area (Å²) in [7, 11) is 2.17. The molecule has 2 aliphatic heterocycles. The van der Waals surface area contributed by atoms with Crippen molar-refractivity contribution in [2.75, 3.05) is 64.5 Å². The van der Waals surface area contributed by atoms with Crippen LogP contribution in [-0.4, -0.2) is 75.3 Å². The second-order valence-electron chi connectivity index (χ2n) is 11.1. The lowest BCUT2D eigenvalue weighted by Gasteiger charge is -2.39. The first-order chi connectivity index (χ1) is 20.4. The van der Waals surface area contributed by atoms with Crippen molar-refractivity contribution in [1.82, 2.24) is 9.80 Å². The minimum Gasteiger partial charge on any atom is -0.491 e. The van der Waals surface area contributed by atoms with E-state index in [2.05, 4.69) is 23.8 Å². The first-order valence-corrected chi connectivity index (χ1v) is 15.4. The maximum absolute atomic E-state index is 14.0. The summed E-state index contributed by atoms with van der Waals surface area (Å²) in [5, 5.41) is 0.647. The number of aryl methyl sites for hydroxylation is 1. The predicted molar refractivity (Wildman–Crippen MR) is 168 cm³/mol. The molecule has 5 rings (SSSR count). The Kier molecular flexibility index (Phi) is 9.93. The number of piperazine rings is 1. The molecule has 0 spiro atoms.